The summed E-state index contributed by atoms with van der Waals surface area (Å²) in [5, 5.41) is 8.26. The summed E-state index contributed by atoms with van der Waals surface area (Å²) in [4.78, 5) is 9.03. The van der Waals surface area contributed by atoms with Gasteiger partial charge in [-0.3, -0.25) is 0 Å². The van der Waals surface area contributed by atoms with Gasteiger partial charge in [-0.1, -0.05) is 6.07 Å². The normalized spacial score (nSPS) is 11.5. The molecule has 0 aliphatic heterocycles. The number of nitrogens with one attached hydrogen (secondary N) is 1. The van der Waals surface area contributed by atoms with Gasteiger partial charge < -0.3 is 9.84 Å². The van der Waals surface area contributed by atoms with Gasteiger partial charge in [0.1, 0.15) is 18.2 Å². The van der Waals surface area contributed by atoms with Crippen molar-refractivity contribution in [3.8, 4) is 0 Å². The molecule has 0 saturated heterocycles. The average Bonchev–Trinajstić information content (AvgIpc) is 2.27. The lowest BCUT2D eigenvalue weighted by molar-refractivity contribution is -0.142. The Morgan fingerprint density at radius 1 is 1.32 bits per heavy atom. The maximum absolute atomic E-state index is 13.3. The summed E-state index contributed by atoms with van der Waals surface area (Å²) >= 11 is 0. The van der Waals surface area contributed by atoms with E-state index in [1.165, 1.54) is 0 Å². The zero-order valence-corrected chi connectivity index (χ0v) is 10.4. The van der Waals surface area contributed by atoms with Gasteiger partial charge in [0.2, 0.25) is 10.0 Å². The van der Waals surface area contributed by atoms with Crippen molar-refractivity contribution < 1.29 is 31.8 Å². The van der Waals surface area contributed by atoms with Crippen LogP contribution in [0.5, 0.6) is 0 Å². The number of hydrogen-bond donors (Lipinski definition) is 2. The summed E-state index contributed by atoms with van der Waals surface area (Å²) in [6.45, 7) is -1.12. The fourth-order valence-electron chi connectivity index (χ4n) is 1.22. The van der Waals surface area contributed by atoms with Crippen LogP contribution in [0.2, 0.25) is 0 Å². The van der Waals surface area contributed by atoms with Crippen LogP contribution < -0.4 is 4.72 Å². The molecular formula is C10H11F2NO5S. The van der Waals surface area contributed by atoms with Crippen molar-refractivity contribution in [2.24, 2.45) is 0 Å². The molecule has 19 heavy (non-hydrogen) atoms. The van der Waals surface area contributed by atoms with E-state index in [0.29, 0.717) is 0 Å². The zero-order valence-electron chi connectivity index (χ0n) is 9.60. The number of sulfonamides is 1. The Morgan fingerprint density at radius 2 is 1.89 bits per heavy atom. The molecule has 0 atom stereocenters. The van der Waals surface area contributed by atoms with Crippen LogP contribution in [0.3, 0.4) is 0 Å². The molecule has 1 aromatic rings. The van der Waals surface area contributed by atoms with Crippen molar-refractivity contribution in [2.75, 3.05) is 19.8 Å². The van der Waals surface area contributed by atoms with Crippen molar-refractivity contribution in [3.05, 3.63) is 29.8 Å². The first-order chi connectivity index (χ1) is 8.84. The van der Waals surface area contributed by atoms with Gasteiger partial charge in [-0.2, -0.15) is 0 Å². The zero-order chi connectivity index (χ0) is 14.5. The molecule has 0 unspecified atom stereocenters. The third kappa shape index (κ3) is 4.54. The molecule has 0 aliphatic carbocycles. The monoisotopic (exact) mass is 295 g/mol. The van der Waals surface area contributed by atoms with Crippen molar-refractivity contribution in [1.29, 1.82) is 0 Å². The number of hydrogen-bond acceptors (Lipinski definition) is 4. The van der Waals surface area contributed by atoms with Crippen LogP contribution in [0.25, 0.3) is 0 Å². The minimum atomic E-state index is -4.35. The van der Waals surface area contributed by atoms with Gasteiger partial charge in [0, 0.05) is 6.54 Å². The van der Waals surface area contributed by atoms with Gasteiger partial charge >= 0.3 is 5.97 Å². The van der Waals surface area contributed by atoms with Crippen LogP contribution in [0.15, 0.2) is 23.1 Å². The molecule has 0 heterocycles. The molecule has 0 bridgehead atoms. The van der Waals surface area contributed by atoms with Crippen LogP contribution >= 0.6 is 0 Å². The number of carbonyl (C=O) groups is 1. The molecule has 1 rings (SSSR count). The van der Waals surface area contributed by atoms with E-state index in [-0.39, 0.29) is 13.2 Å². The minimum Gasteiger partial charge on any atom is -0.480 e. The SMILES string of the molecule is O=C(O)COCCNS(=O)(=O)c1c(F)cccc1F. The molecule has 1 aromatic carbocycles. The lowest BCUT2D eigenvalue weighted by Gasteiger charge is -2.08. The summed E-state index contributed by atoms with van der Waals surface area (Å²) in [6, 6.07) is 2.68. The number of carboxylic acid groups (broad SMARTS) is 1. The molecular weight excluding hydrogens is 284 g/mol. The predicted octanol–water partition coefficient (Wildman–Crippen LogP) is 0.344. The first kappa shape index (κ1) is 15.5. The number of halogens is 2. The number of benzene rings is 1. The molecule has 0 spiro atoms. The molecule has 0 amide bonds. The molecule has 0 fully saturated rings. The van der Waals surface area contributed by atoms with Crippen LogP contribution in [0.1, 0.15) is 0 Å². The first-order valence-corrected chi connectivity index (χ1v) is 6.56. The Kier molecular flexibility index (Phi) is 5.33. The van der Waals surface area contributed by atoms with Crippen molar-refractivity contribution in [2.45, 2.75) is 4.90 Å². The molecule has 106 valence electrons. The van der Waals surface area contributed by atoms with Gasteiger partial charge in [-0.25, -0.2) is 26.7 Å². The minimum absolute atomic E-state index is 0.235. The van der Waals surface area contributed by atoms with Crippen LogP contribution in [0, 0.1) is 11.6 Å². The fraction of sp³-hybridized carbons (Fsp3) is 0.300. The van der Waals surface area contributed by atoms with Crippen molar-refractivity contribution >= 4 is 16.0 Å². The highest BCUT2D eigenvalue weighted by Gasteiger charge is 2.23. The van der Waals surface area contributed by atoms with Gasteiger partial charge in [-0.05, 0) is 12.1 Å². The number of aliphatic carboxylic acids is 1. The molecule has 9 heteroatoms. The Bertz CT molecular complexity index is 541. The molecule has 0 radical (unpaired) electrons. The molecule has 0 aliphatic rings. The van der Waals surface area contributed by atoms with Gasteiger partial charge in [0.05, 0.1) is 6.61 Å². The van der Waals surface area contributed by atoms with E-state index in [0.717, 1.165) is 18.2 Å². The van der Waals surface area contributed by atoms with Crippen molar-refractivity contribution in [1.82, 2.24) is 4.72 Å². The highest BCUT2D eigenvalue weighted by Crippen LogP contribution is 2.17. The summed E-state index contributed by atoms with van der Waals surface area (Å²) in [5.41, 5.74) is 0. The first-order valence-electron chi connectivity index (χ1n) is 5.08. The number of rotatable bonds is 7. The molecule has 0 aromatic heterocycles. The Balaban J connectivity index is 2.64. The summed E-state index contributed by atoms with van der Waals surface area (Å²) in [5.74, 6) is -3.62. The van der Waals surface area contributed by atoms with Crippen LogP contribution in [0.4, 0.5) is 8.78 Å². The Morgan fingerprint density at radius 3 is 2.42 bits per heavy atom. The third-order valence-corrected chi connectivity index (χ3v) is 3.46. The van der Waals surface area contributed by atoms with Gasteiger partial charge in [0.25, 0.3) is 0 Å². The highest BCUT2D eigenvalue weighted by atomic mass is 32.2. The Hall–Kier alpha value is -1.58. The van der Waals surface area contributed by atoms with E-state index >= 15 is 0 Å². The largest absolute Gasteiger partial charge is 0.480 e. The van der Waals surface area contributed by atoms with Crippen molar-refractivity contribution in [3.63, 3.8) is 0 Å². The number of carboxylic acids is 1. The van der Waals surface area contributed by atoms with E-state index in [9.17, 15) is 22.0 Å². The standard InChI is InChI=1S/C10H11F2NO5S/c11-7-2-1-3-8(12)10(7)19(16,17)13-4-5-18-6-9(14)15/h1-3,13H,4-6H2,(H,14,15). The second-order valence-corrected chi connectivity index (χ2v) is 5.10. The smallest absolute Gasteiger partial charge is 0.329 e. The van der Waals surface area contributed by atoms with Crippen LogP contribution in [-0.4, -0.2) is 39.3 Å². The fourth-order valence-corrected chi connectivity index (χ4v) is 2.37. The maximum atomic E-state index is 13.3. The van der Waals surface area contributed by atoms with Gasteiger partial charge in [0.15, 0.2) is 4.90 Å². The molecule has 0 saturated carbocycles. The Labute approximate surface area is 108 Å². The lowest BCUT2D eigenvalue weighted by Crippen LogP contribution is -2.29. The van der Waals surface area contributed by atoms with E-state index in [1.807, 2.05) is 4.72 Å². The van der Waals surface area contributed by atoms with E-state index in [4.69, 9.17) is 5.11 Å². The van der Waals surface area contributed by atoms with E-state index < -0.39 is 39.1 Å². The predicted molar refractivity (Wildman–Crippen MR) is 60.0 cm³/mol. The summed E-state index contributed by atoms with van der Waals surface area (Å²) in [7, 11) is -4.35. The van der Waals surface area contributed by atoms with Crippen LogP contribution in [-0.2, 0) is 19.6 Å². The number of ether oxygens (including phenoxy) is 1. The quantitative estimate of drug-likeness (QED) is 0.708. The highest BCUT2D eigenvalue weighted by molar-refractivity contribution is 7.89. The summed E-state index contributed by atoms with van der Waals surface area (Å²) in [6.07, 6.45) is 0. The lowest BCUT2D eigenvalue weighted by atomic mass is 10.3. The topological polar surface area (TPSA) is 92.7 Å². The average molecular weight is 295 g/mol. The maximum Gasteiger partial charge on any atom is 0.329 e. The van der Waals surface area contributed by atoms with E-state index in [2.05, 4.69) is 4.74 Å². The van der Waals surface area contributed by atoms with E-state index in [1.54, 1.807) is 0 Å². The molecule has 6 nitrogen and oxygen atoms in total. The second kappa shape index (κ2) is 6.55. The van der Waals surface area contributed by atoms with Gasteiger partial charge in [-0.15, -0.1) is 0 Å². The third-order valence-electron chi connectivity index (χ3n) is 1.95. The second-order valence-electron chi connectivity index (χ2n) is 3.39. The molecule has 2 N–H and O–H groups in total. The summed E-state index contributed by atoms with van der Waals surface area (Å²) < 4.78 is 56.2.